The SMILES string of the molecule is CCCNC(CC)C(C)N(CC)Cc1cccc(C)n1. The molecule has 1 N–H and O–H groups in total. The first kappa shape index (κ1) is 17.1. The van der Waals surface area contributed by atoms with Crippen LogP contribution in [-0.2, 0) is 6.54 Å². The average molecular weight is 277 g/mol. The molecule has 0 spiro atoms. The maximum absolute atomic E-state index is 4.63. The van der Waals surface area contributed by atoms with E-state index in [-0.39, 0.29) is 0 Å². The highest BCUT2D eigenvalue weighted by atomic mass is 15.2. The highest BCUT2D eigenvalue weighted by Gasteiger charge is 2.21. The van der Waals surface area contributed by atoms with Crippen LogP contribution in [0.15, 0.2) is 18.2 Å². The first-order valence-corrected chi connectivity index (χ1v) is 8.02. The van der Waals surface area contributed by atoms with Crippen LogP contribution in [0.3, 0.4) is 0 Å². The van der Waals surface area contributed by atoms with Gasteiger partial charge in [0.2, 0.25) is 0 Å². The van der Waals surface area contributed by atoms with Crippen LogP contribution in [0.25, 0.3) is 0 Å². The largest absolute Gasteiger partial charge is 0.312 e. The van der Waals surface area contributed by atoms with Gasteiger partial charge >= 0.3 is 0 Å². The lowest BCUT2D eigenvalue weighted by atomic mass is 10.0. The summed E-state index contributed by atoms with van der Waals surface area (Å²) in [6.45, 7) is 14.2. The van der Waals surface area contributed by atoms with Crippen molar-refractivity contribution < 1.29 is 0 Å². The number of hydrogen-bond donors (Lipinski definition) is 1. The van der Waals surface area contributed by atoms with Gasteiger partial charge in [-0.25, -0.2) is 0 Å². The van der Waals surface area contributed by atoms with Crippen LogP contribution < -0.4 is 5.32 Å². The van der Waals surface area contributed by atoms with Gasteiger partial charge < -0.3 is 5.32 Å². The zero-order chi connectivity index (χ0) is 15.0. The Hall–Kier alpha value is -0.930. The molecule has 114 valence electrons. The molecule has 0 bridgehead atoms. The third-order valence-corrected chi connectivity index (χ3v) is 3.97. The van der Waals surface area contributed by atoms with Crippen LogP contribution in [0, 0.1) is 6.92 Å². The highest BCUT2D eigenvalue weighted by molar-refractivity contribution is 5.10. The van der Waals surface area contributed by atoms with Crippen molar-refractivity contribution in [2.75, 3.05) is 13.1 Å². The van der Waals surface area contributed by atoms with Gasteiger partial charge in [-0.05, 0) is 51.9 Å². The van der Waals surface area contributed by atoms with E-state index in [1.165, 1.54) is 18.5 Å². The number of aromatic nitrogens is 1. The Morgan fingerprint density at radius 1 is 1.25 bits per heavy atom. The van der Waals surface area contributed by atoms with E-state index >= 15 is 0 Å². The highest BCUT2D eigenvalue weighted by Crippen LogP contribution is 2.12. The Kier molecular flexibility index (Phi) is 7.78. The molecule has 0 aliphatic carbocycles. The number of hydrogen-bond acceptors (Lipinski definition) is 3. The summed E-state index contributed by atoms with van der Waals surface area (Å²) in [5.41, 5.74) is 2.27. The van der Waals surface area contributed by atoms with Gasteiger partial charge in [0, 0.05) is 24.3 Å². The number of nitrogens with one attached hydrogen (secondary N) is 1. The van der Waals surface area contributed by atoms with E-state index in [1.807, 2.05) is 0 Å². The number of likely N-dealkylation sites (N-methyl/N-ethyl adjacent to an activating group) is 1. The topological polar surface area (TPSA) is 28.2 Å². The fourth-order valence-electron chi connectivity index (χ4n) is 2.68. The molecule has 0 amide bonds. The third kappa shape index (κ3) is 5.22. The van der Waals surface area contributed by atoms with Gasteiger partial charge in [0.1, 0.15) is 0 Å². The Balaban J connectivity index is 2.68. The predicted octanol–water partition coefficient (Wildman–Crippen LogP) is 3.38. The maximum atomic E-state index is 4.63. The molecule has 1 heterocycles. The Morgan fingerprint density at radius 2 is 2.00 bits per heavy atom. The van der Waals surface area contributed by atoms with Crippen LogP contribution in [0.2, 0.25) is 0 Å². The fourth-order valence-corrected chi connectivity index (χ4v) is 2.68. The lowest BCUT2D eigenvalue weighted by molar-refractivity contribution is 0.164. The Labute approximate surface area is 124 Å². The van der Waals surface area contributed by atoms with Crippen LogP contribution in [0.1, 0.15) is 51.9 Å². The summed E-state index contributed by atoms with van der Waals surface area (Å²) >= 11 is 0. The second-order valence-corrected chi connectivity index (χ2v) is 5.54. The zero-order valence-corrected chi connectivity index (χ0v) is 13.8. The lowest BCUT2D eigenvalue weighted by Gasteiger charge is -2.34. The van der Waals surface area contributed by atoms with Crippen LogP contribution >= 0.6 is 0 Å². The van der Waals surface area contributed by atoms with Crippen molar-refractivity contribution in [3.05, 3.63) is 29.6 Å². The molecule has 20 heavy (non-hydrogen) atoms. The molecule has 1 aromatic heterocycles. The molecule has 3 nitrogen and oxygen atoms in total. The van der Waals surface area contributed by atoms with Crippen LogP contribution in [0.4, 0.5) is 0 Å². The standard InChI is InChI=1S/C17H31N3/c1-6-12-18-17(7-2)15(5)20(8-3)13-16-11-9-10-14(4)19-16/h9-11,15,17-18H,6-8,12-13H2,1-5H3. The smallest absolute Gasteiger partial charge is 0.0547 e. The number of nitrogens with zero attached hydrogens (tertiary/aromatic N) is 2. The van der Waals surface area contributed by atoms with E-state index in [0.29, 0.717) is 12.1 Å². The van der Waals surface area contributed by atoms with Gasteiger partial charge in [0.25, 0.3) is 0 Å². The minimum absolute atomic E-state index is 0.527. The summed E-state index contributed by atoms with van der Waals surface area (Å²) in [6, 6.07) is 7.37. The van der Waals surface area contributed by atoms with E-state index in [0.717, 1.165) is 25.3 Å². The van der Waals surface area contributed by atoms with Crippen LogP contribution in [0.5, 0.6) is 0 Å². The van der Waals surface area contributed by atoms with Crippen molar-refractivity contribution in [3.63, 3.8) is 0 Å². The van der Waals surface area contributed by atoms with Crippen molar-refractivity contribution in [2.24, 2.45) is 0 Å². The molecular formula is C17H31N3. The van der Waals surface area contributed by atoms with Gasteiger partial charge in [-0.15, -0.1) is 0 Å². The van der Waals surface area contributed by atoms with Gasteiger partial charge in [0.15, 0.2) is 0 Å². The van der Waals surface area contributed by atoms with E-state index in [4.69, 9.17) is 0 Å². The second-order valence-electron chi connectivity index (χ2n) is 5.54. The van der Waals surface area contributed by atoms with E-state index in [1.54, 1.807) is 0 Å². The normalized spacial score (nSPS) is 14.5. The molecule has 3 heteroatoms. The fraction of sp³-hybridized carbons (Fsp3) is 0.706. The van der Waals surface area contributed by atoms with E-state index in [2.05, 4.69) is 68.0 Å². The van der Waals surface area contributed by atoms with Crippen molar-refractivity contribution in [1.82, 2.24) is 15.2 Å². The summed E-state index contributed by atoms with van der Waals surface area (Å²) in [4.78, 5) is 7.14. The van der Waals surface area contributed by atoms with Gasteiger partial charge in [0.05, 0.1) is 5.69 Å². The average Bonchev–Trinajstić information content (AvgIpc) is 2.45. The molecule has 0 aliphatic rings. The Morgan fingerprint density at radius 3 is 2.55 bits per heavy atom. The van der Waals surface area contributed by atoms with Crippen molar-refractivity contribution in [3.8, 4) is 0 Å². The van der Waals surface area contributed by atoms with E-state index < -0.39 is 0 Å². The quantitative estimate of drug-likeness (QED) is 0.750. The van der Waals surface area contributed by atoms with Crippen molar-refractivity contribution in [2.45, 2.75) is 66.1 Å². The summed E-state index contributed by atoms with van der Waals surface area (Å²) in [7, 11) is 0. The first-order chi connectivity index (χ1) is 9.62. The van der Waals surface area contributed by atoms with Crippen LogP contribution in [-0.4, -0.2) is 35.1 Å². The summed E-state index contributed by atoms with van der Waals surface area (Å²) in [6.07, 6.45) is 2.35. The van der Waals surface area contributed by atoms with Crippen molar-refractivity contribution >= 4 is 0 Å². The zero-order valence-electron chi connectivity index (χ0n) is 13.8. The van der Waals surface area contributed by atoms with Crippen molar-refractivity contribution in [1.29, 1.82) is 0 Å². The second kappa shape index (κ2) is 9.09. The molecule has 0 aliphatic heterocycles. The molecule has 1 rings (SSSR count). The molecule has 0 saturated carbocycles. The summed E-state index contributed by atoms with van der Waals surface area (Å²) in [5.74, 6) is 0. The summed E-state index contributed by atoms with van der Waals surface area (Å²) in [5, 5.41) is 3.67. The minimum atomic E-state index is 0.527. The third-order valence-electron chi connectivity index (χ3n) is 3.97. The summed E-state index contributed by atoms with van der Waals surface area (Å²) < 4.78 is 0. The molecule has 2 atom stereocenters. The van der Waals surface area contributed by atoms with Gasteiger partial charge in [-0.2, -0.15) is 0 Å². The number of pyridine rings is 1. The van der Waals surface area contributed by atoms with E-state index in [9.17, 15) is 0 Å². The number of rotatable bonds is 9. The van der Waals surface area contributed by atoms with Gasteiger partial charge in [-0.1, -0.05) is 26.8 Å². The lowest BCUT2D eigenvalue weighted by Crippen LogP contribution is -2.48. The molecular weight excluding hydrogens is 246 g/mol. The predicted molar refractivity (Wildman–Crippen MR) is 86.9 cm³/mol. The first-order valence-electron chi connectivity index (χ1n) is 8.02. The molecule has 0 fully saturated rings. The Bertz CT molecular complexity index is 378. The molecule has 2 unspecified atom stereocenters. The maximum Gasteiger partial charge on any atom is 0.0547 e. The molecule has 0 radical (unpaired) electrons. The number of aryl methyl sites for hydroxylation is 1. The monoisotopic (exact) mass is 277 g/mol. The van der Waals surface area contributed by atoms with Gasteiger partial charge in [-0.3, -0.25) is 9.88 Å². The molecule has 0 aromatic carbocycles. The molecule has 0 saturated heterocycles. The minimum Gasteiger partial charge on any atom is -0.312 e. The molecule has 1 aromatic rings.